The molecule has 0 saturated carbocycles. The standard InChI is InChI=1S/C24H27NO2S2/c1-23(2,3)17-12-15(13-18(20(17)26)24(4,5)6)14-19-21(27)25(22(28)29-19)16-10-8-7-9-11-16/h7-14,26H,1-6H3. The third-order valence-corrected chi connectivity index (χ3v) is 6.16. The van der Waals surface area contributed by atoms with Crippen molar-refractivity contribution in [1.29, 1.82) is 0 Å². The number of phenols is 1. The Morgan fingerprint density at radius 1 is 0.966 bits per heavy atom. The number of thiocarbonyl (C=S) groups is 1. The molecule has 2 aromatic carbocycles. The molecule has 0 atom stereocenters. The van der Waals surface area contributed by atoms with Crippen LogP contribution in [0.1, 0.15) is 58.2 Å². The molecule has 1 heterocycles. The molecule has 3 nitrogen and oxygen atoms in total. The summed E-state index contributed by atoms with van der Waals surface area (Å²) in [5.41, 5.74) is 2.96. The van der Waals surface area contributed by atoms with Gasteiger partial charge in [0.25, 0.3) is 5.91 Å². The summed E-state index contributed by atoms with van der Waals surface area (Å²) in [5.74, 6) is 0.216. The van der Waals surface area contributed by atoms with Gasteiger partial charge in [-0.25, -0.2) is 0 Å². The van der Waals surface area contributed by atoms with E-state index in [1.807, 2.05) is 48.5 Å². The summed E-state index contributed by atoms with van der Waals surface area (Å²) < 4.78 is 0.526. The molecule has 0 aliphatic carbocycles. The number of carbonyl (C=O) groups excluding carboxylic acids is 1. The van der Waals surface area contributed by atoms with Crippen LogP contribution < -0.4 is 4.90 Å². The fourth-order valence-corrected chi connectivity index (χ4v) is 4.60. The van der Waals surface area contributed by atoms with Crippen molar-refractivity contribution in [3.63, 3.8) is 0 Å². The maximum atomic E-state index is 13.1. The predicted octanol–water partition coefficient (Wildman–Crippen LogP) is 6.39. The van der Waals surface area contributed by atoms with E-state index in [4.69, 9.17) is 12.2 Å². The van der Waals surface area contributed by atoms with Crippen molar-refractivity contribution in [3.8, 4) is 5.75 Å². The van der Waals surface area contributed by atoms with Crippen LogP contribution in [-0.4, -0.2) is 15.3 Å². The predicted molar refractivity (Wildman–Crippen MR) is 128 cm³/mol. The molecule has 29 heavy (non-hydrogen) atoms. The van der Waals surface area contributed by atoms with Crippen molar-refractivity contribution in [2.45, 2.75) is 52.4 Å². The van der Waals surface area contributed by atoms with E-state index in [2.05, 4.69) is 41.5 Å². The Balaban J connectivity index is 2.09. The fraction of sp³-hybridized carbons (Fsp3) is 0.333. The first-order chi connectivity index (χ1) is 13.4. The molecule has 0 spiro atoms. The van der Waals surface area contributed by atoms with E-state index in [1.165, 1.54) is 11.8 Å². The van der Waals surface area contributed by atoms with Gasteiger partial charge in [0.1, 0.15) is 5.75 Å². The first-order valence-corrected chi connectivity index (χ1v) is 10.8. The Hall–Kier alpha value is -2.11. The number of phenolic OH excluding ortho intramolecular Hbond substituents is 1. The summed E-state index contributed by atoms with van der Waals surface area (Å²) in [5, 5.41) is 10.9. The van der Waals surface area contributed by atoms with Gasteiger partial charge in [0.15, 0.2) is 4.32 Å². The zero-order chi connectivity index (χ0) is 21.6. The van der Waals surface area contributed by atoms with Gasteiger partial charge in [-0.15, -0.1) is 0 Å². The van der Waals surface area contributed by atoms with Crippen LogP contribution in [0.4, 0.5) is 5.69 Å². The number of para-hydroxylation sites is 1. The number of anilines is 1. The van der Waals surface area contributed by atoms with E-state index in [9.17, 15) is 9.90 Å². The molecule has 1 fully saturated rings. The van der Waals surface area contributed by atoms with Crippen LogP contribution in [-0.2, 0) is 15.6 Å². The zero-order valence-electron chi connectivity index (χ0n) is 17.7. The number of nitrogens with zero attached hydrogens (tertiary/aromatic N) is 1. The van der Waals surface area contributed by atoms with Crippen LogP contribution in [0.25, 0.3) is 6.08 Å². The number of amides is 1. The number of aromatic hydroxyl groups is 1. The van der Waals surface area contributed by atoms with Crippen LogP contribution in [0.2, 0.25) is 0 Å². The molecule has 2 aromatic rings. The highest BCUT2D eigenvalue weighted by atomic mass is 32.2. The summed E-state index contributed by atoms with van der Waals surface area (Å²) in [6.07, 6.45) is 1.88. The lowest BCUT2D eigenvalue weighted by Crippen LogP contribution is -2.27. The summed E-state index contributed by atoms with van der Waals surface area (Å²) in [6, 6.07) is 13.4. The van der Waals surface area contributed by atoms with Gasteiger partial charge in [0.2, 0.25) is 0 Å². The normalized spacial score (nSPS) is 16.8. The van der Waals surface area contributed by atoms with Crippen molar-refractivity contribution >= 4 is 46.0 Å². The Bertz CT molecular complexity index is 961. The van der Waals surface area contributed by atoms with Gasteiger partial charge >= 0.3 is 0 Å². The highest BCUT2D eigenvalue weighted by Crippen LogP contribution is 2.41. The molecule has 0 aromatic heterocycles. The van der Waals surface area contributed by atoms with E-state index in [-0.39, 0.29) is 16.7 Å². The topological polar surface area (TPSA) is 40.5 Å². The minimum Gasteiger partial charge on any atom is -0.507 e. The first kappa shape index (κ1) is 21.6. The van der Waals surface area contributed by atoms with Gasteiger partial charge in [-0.2, -0.15) is 0 Å². The summed E-state index contributed by atoms with van der Waals surface area (Å²) in [4.78, 5) is 15.2. The van der Waals surface area contributed by atoms with E-state index in [0.29, 0.717) is 15.0 Å². The van der Waals surface area contributed by atoms with Crippen molar-refractivity contribution in [3.05, 3.63) is 64.1 Å². The van der Waals surface area contributed by atoms with E-state index < -0.39 is 0 Å². The Morgan fingerprint density at radius 2 is 1.48 bits per heavy atom. The lowest BCUT2D eigenvalue weighted by molar-refractivity contribution is -0.113. The van der Waals surface area contributed by atoms with Crippen molar-refractivity contribution in [1.82, 2.24) is 0 Å². The highest BCUT2D eigenvalue weighted by Gasteiger charge is 2.33. The number of hydrogen-bond acceptors (Lipinski definition) is 4. The number of benzene rings is 2. The van der Waals surface area contributed by atoms with E-state index in [0.717, 1.165) is 22.4 Å². The molecule has 5 heteroatoms. The second-order valence-electron chi connectivity index (χ2n) is 9.32. The molecule has 3 rings (SSSR count). The van der Waals surface area contributed by atoms with Crippen molar-refractivity contribution < 1.29 is 9.90 Å². The second kappa shape index (κ2) is 7.62. The largest absolute Gasteiger partial charge is 0.507 e. The van der Waals surface area contributed by atoms with Gasteiger partial charge < -0.3 is 5.11 Å². The molecule has 0 radical (unpaired) electrons. The third-order valence-electron chi connectivity index (χ3n) is 4.85. The number of thioether (sulfide) groups is 1. The average Bonchev–Trinajstić information content (AvgIpc) is 2.88. The van der Waals surface area contributed by atoms with Gasteiger partial charge in [0, 0.05) is 11.1 Å². The van der Waals surface area contributed by atoms with Gasteiger partial charge in [-0.05, 0) is 46.7 Å². The molecule has 152 valence electrons. The number of rotatable bonds is 2. The van der Waals surface area contributed by atoms with Gasteiger partial charge in [-0.3, -0.25) is 9.69 Å². The molecule has 0 unspecified atom stereocenters. The number of hydrogen-bond donors (Lipinski definition) is 1. The molecule has 1 aliphatic rings. The lowest BCUT2D eigenvalue weighted by Gasteiger charge is -2.28. The monoisotopic (exact) mass is 425 g/mol. The van der Waals surface area contributed by atoms with Crippen molar-refractivity contribution in [2.24, 2.45) is 0 Å². The highest BCUT2D eigenvalue weighted by molar-refractivity contribution is 8.27. The molecule has 0 bridgehead atoms. The summed E-state index contributed by atoms with van der Waals surface area (Å²) >= 11 is 6.78. The number of carbonyl (C=O) groups is 1. The Morgan fingerprint density at radius 3 is 1.97 bits per heavy atom. The van der Waals surface area contributed by atoms with Crippen LogP contribution in [0.15, 0.2) is 47.4 Å². The third kappa shape index (κ3) is 4.41. The summed E-state index contributed by atoms with van der Waals surface area (Å²) in [7, 11) is 0. The van der Waals surface area contributed by atoms with Gasteiger partial charge in [-0.1, -0.05) is 83.7 Å². The molecule has 1 N–H and O–H groups in total. The molecule has 1 aliphatic heterocycles. The minimum absolute atomic E-state index is 0.117. The molecular weight excluding hydrogens is 398 g/mol. The second-order valence-corrected chi connectivity index (χ2v) is 11.0. The van der Waals surface area contributed by atoms with E-state index >= 15 is 0 Å². The van der Waals surface area contributed by atoms with Crippen LogP contribution in [0, 0.1) is 0 Å². The van der Waals surface area contributed by atoms with Gasteiger partial charge in [0.05, 0.1) is 10.6 Å². The van der Waals surface area contributed by atoms with Crippen LogP contribution >= 0.6 is 24.0 Å². The van der Waals surface area contributed by atoms with Crippen LogP contribution in [0.3, 0.4) is 0 Å². The summed E-state index contributed by atoms with van der Waals surface area (Å²) in [6.45, 7) is 12.5. The quantitative estimate of drug-likeness (QED) is 0.447. The van der Waals surface area contributed by atoms with Crippen LogP contribution in [0.5, 0.6) is 5.75 Å². The minimum atomic E-state index is -0.225. The van der Waals surface area contributed by atoms with E-state index in [1.54, 1.807) is 4.90 Å². The van der Waals surface area contributed by atoms with Crippen molar-refractivity contribution in [2.75, 3.05) is 4.90 Å². The fourth-order valence-electron chi connectivity index (χ4n) is 3.30. The maximum Gasteiger partial charge on any atom is 0.270 e. The first-order valence-electron chi connectivity index (χ1n) is 9.60. The Labute approximate surface area is 182 Å². The zero-order valence-corrected chi connectivity index (χ0v) is 19.4. The molecular formula is C24H27NO2S2. The smallest absolute Gasteiger partial charge is 0.270 e. The maximum absolute atomic E-state index is 13.1. The Kier molecular flexibility index (Phi) is 5.67. The SMILES string of the molecule is CC(C)(C)c1cc(C=C2SC(=S)N(c3ccccc3)C2=O)cc(C(C)(C)C)c1O. The molecule has 1 amide bonds. The average molecular weight is 426 g/mol. The lowest BCUT2D eigenvalue weighted by atomic mass is 9.78. The molecule has 1 saturated heterocycles.